The number of nitrogens with one attached hydrogen (secondary N) is 1. The van der Waals surface area contributed by atoms with Crippen LogP contribution in [-0.4, -0.2) is 34.8 Å². The second kappa shape index (κ2) is 8.27. The molecule has 1 saturated heterocycles. The zero-order valence-electron chi connectivity index (χ0n) is 14.9. The molecule has 1 aromatic heterocycles. The first-order valence-corrected chi connectivity index (χ1v) is 9.63. The highest BCUT2D eigenvalue weighted by molar-refractivity contribution is 7.09. The number of thiazole rings is 1. The van der Waals surface area contributed by atoms with E-state index in [2.05, 4.69) is 22.3 Å². The molecule has 26 heavy (non-hydrogen) atoms. The molecule has 0 saturated carbocycles. The molecule has 5 nitrogen and oxygen atoms in total. The monoisotopic (exact) mass is 369 g/mol. The van der Waals surface area contributed by atoms with Crippen molar-refractivity contribution in [2.45, 2.75) is 26.2 Å². The Bertz CT molecular complexity index is 815. The first-order chi connectivity index (χ1) is 12.5. The molecule has 1 aliphatic heterocycles. The van der Waals surface area contributed by atoms with E-state index >= 15 is 0 Å². The molecule has 1 N–H and O–H groups in total. The number of amides is 2. The maximum Gasteiger partial charge on any atom is 0.247 e. The van der Waals surface area contributed by atoms with Gasteiger partial charge in [0, 0.05) is 36.3 Å². The number of para-hydroxylation sites is 1. The first kappa shape index (κ1) is 18.3. The SMILES string of the molecule is C=CC(=O)Nc1ccccc1CC(=O)N1CCC(Cc2nc(C)cs2)C1. The number of anilines is 1. The number of hydrogen-bond acceptors (Lipinski definition) is 4. The summed E-state index contributed by atoms with van der Waals surface area (Å²) >= 11 is 1.70. The Labute approximate surface area is 157 Å². The van der Waals surface area contributed by atoms with Gasteiger partial charge in [-0.05, 0) is 37.0 Å². The summed E-state index contributed by atoms with van der Waals surface area (Å²) in [6, 6.07) is 7.41. The van der Waals surface area contributed by atoms with Crippen molar-refractivity contribution in [2.75, 3.05) is 18.4 Å². The van der Waals surface area contributed by atoms with E-state index in [1.54, 1.807) is 11.3 Å². The fourth-order valence-corrected chi connectivity index (χ4v) is 4.11. The third-order valence-corrected chi connectivity index (χ3v) is 5.56. The van der Waals surface area contributed by atoms with Crippen LogP contribution in [0.2, 0.25) is 0 Å². The van der Waals surface area contributed by atoms with Crippen LogP contribution in [-0.2, 0) is 22.4 Å². The summed E-state index contributed by atoms with van der Waals surface area (Å²) in [6.07, 6.45) is 3.47. The highest BCUT2D eigenvalue weighted by Gasteiger charge is 2.27. The van der Waals surface area contributed by atoms with Crippen LogP contribution < -0.4 is 5.32 Å². The highest BCUT2D eigenvalue weighted by Crippen LogP contribution is 2.24. The molecule has 1 aliphatic rings. The molecular weight excluding hydrogens is 346 g/mol. The van der Waals surface area contributed by atoms with E-state index in [1.807, 2.05) is 36.1 Å². The van der Waals surface area contributed by atoms with E-state index in [-0.39, 0.29) is 18.2 Å². The predicted molar refractivity (Wildman–Crippen MR) is 104 cm³/mol. The summed E-state index contributed by atoms with van der Waals surface area (Å²) < 4.78 is 0. The Balaban J connectivity index is 1.59. The van der Waals surface area contributed by atoms with E-state index in [4.69, 9.17) is 0 Å². The second-order valence-corrected chi connectivity index (χ2v) is 7.55. The van der Waals surface area contributed by atoms with Gasteiger partial charge in [-0.15, -0.1) is 11.3 Å². The highest BCUT2D eigenvalue weighted by atomic mass is 32.1. The molecule has 1 fully saturated rings. The number of carbonyl (C=O) groups is 2. The van der Waals surface area contributed by atoms with Gasteiger partial charge >= 0.3 is 0 Å². The van der Waals surface area contributed by atoms with Crippen LogP contribution in [0.25, 0.3) is 0 Å². The topological polar surface area (TPSA) is 62.3 Å². The molecular formula is C20H23N3O2S. The van der Waals surface area contributed by atoms with Crippen LogP contribution in [0, 0.1) is 12.8 Å². The third kappa shape index (κ3) is 4.58. The van der Waals surface area contributed by atoms with Gasteiger partial charge < -0.3 is 10.2 Å². The van der Waals surface area contributed by atoms with E-state index < -0.39 is 0 Å². The molecule has 1 atom stereocenters. The molecule has 0 aliphatic carbocycles. The molecule has 2 amide bonds. The summed E-state index contributed by atoms with van der Waals surface area (Å²) in [6.45, 7) is 7.03. The Morgan fingerprint density at radius 3 is 2.96 bits per heavy atom. The maximum absolute atomic E-state index is 12.7. The lowest BCUT2D eigenvalue weighted by Crippen LogP contribution is -2.30. The lowest BCUT2D eigenvalue weighted by atomic mass is 10.1. The van der Waals surface area contributed by atoms with Gasteiger partial charge in [0.25, 0.3) is 0 Å². The van der Waals surface area contributed by atoms with Crippen molar-refractivity contribution in [1.29, 1.82) is 0 Å². The number of aryl methyl sites for hydroxylation is 1. The number of aromatic nitrogens is 1. The van der Waals surface area contributed by atoms with Crippen molar-refractivity contribution in [3.8, 4) is 0 Å². The average molecular weight is 369 g/mol. The second-order valence-electron chi connectivity index (χ2n) is 6.61. The van der Waals surface area contributed by atoms with E-state index in [9.17, 15) is 9.59 Å². The van der Waals surface area contributed by atoms with Crippen molar-refractivity contribution < 1.29 is 9.59 Å². The number of nitrogens with zero attached hydrogens (tertiary/aromatic N) is 2. The van der Waals surface area contributed by atoms with Gasteiger partial charge in [0.05, 0.1) is 11.4 Å². The van der Waals surface area contributed by atoms with E-state index in [1.165, 1.54) is 6.08 Å². The Morgan fingerprint density at radius 1 is 1.42 bits per heavy atom. The molecule has 2 aromatic rings. The minimum atomic E-state index is -0.273. The minimum absolute atomic E-state index is 0.100. The fourth-order valence-electron chi connectivity index (χ4n) is 3.22. The molecule has 2 heterocycles. The molecule has 0 radical (unpaired) electrons. The van der Waals surface area contributed by atoms with Crippen molar-refractivity contribution in [3.63, 3.8) is 0 Å². The Morgan fingerprint density at radius 2 is 2.23 bits per heavy atom. The van der Waals surface area contributed by atoms with E-state index in [0.717, 1.165) is 42.2 Å². The molecule has 0 bridgehead atoms. The number of rotatable bonds is 6. The molecule has 1 aromatic carbocycles. The zero-order chi connectivity index (χ0) is 18.5. The predicted octanol–water partition coefficient (Wildman–Crippen LogP) is 3.21. The van der Waals surface area contributed by atoms with Crippen molar-refractivity contribution >= 4 is 28.8 Å². The Kier molecular flexibility index (Phi) is 5.83. The van der Waals surface area contributed by atoms with Gasteiger partial charge in [0.1, 0.15) is 0 Å². The van der Waals surface area contributed by atoms with Gasteiger partial charge in [-0.2, -0.15) is 0 Å². The lowest BCUT2D eigenvalue weighted by molar-refractivity contribution is -0.129. The van der Waals surface area contributed by atoms with Crippen molar-refractivity contribution in [3.05, 3.63) is 58.6 Å². The molecule has 1 unspecified atom stereocenters. The van der Waals surface area contributed by atoms with Gasteiger partial charge in [0.2, 0.25) is 11.8 Å². The summed E-state index contributed by atoms with van der Waals surface area (Å²) in [5.41, 5.74) is 2.56. The number of carbonyl (C=O) groups excluding carboxylic acids is 2. The lowest BCUT2D eigenvalue weighted by Gasteiger charge is -2.18. The van der Waals surface area contributed by atoms with Crippen LogP contribution in [0.3, 0.4) is 0 Å². The smallest absolute Gasteiger partial charge is 0.247 e. The van der Waals surface area contributed by atoms with Gasteiger partial charge in [-0.1, -0.05) is 24.8 Å². The minimum Gasteiger partial charge on any atom is -0.342 e. The number of benzene rings is 1. The molecule has 3 rings (SSSR count). The van der Waals surface area contributed by atoms with Crippen LogP contribution in [0.5, 0.6) is 0 Å². The third-order valence-electron chi connectivity index (χ3n) is 4.57. The largest absolute Gasteiger partial charge is 0.342 e. The van der Waals surface area contributed by atoms with Crippen molar-refractivity contribution in [2.24, 2.45) is 5.92 Å². The van der Waals surface area contributed by atoms with Gasteiger partial charge in [-0.3, -0.25) is 9.59 Å². The summed E-state index contributed by atoms with van der Waals surface area (Å²) in [4.78, 5) is 30.7. The zero-order valence-corrected chi connectivity index (χ0v) is 15.7. The number of likely N-dealkylation sites (tertiary alicyclic amines) is 1. The van der Waals surface area contributed by atoms with Gasteiger partial charge in [-0.25, -0.2) is 4.98 Å². The quantitative estimate of drug-likeness (QED) is 0.796. The standard InChI is InChI=1S/C20H23N3O2S/c1-3-18(24)22-17-7-5-4-6-16(17)11-20(25)23-9-8-15(12-23)10-19-21-14(2)13-26-19/h3-7,13,15H,1,8-12H2,2H3,(H,22,24). The summed E-state index contributed by atoms with van der Waals surface area (Å²) in [5, 5.41) is 5.99. The van der Waals surface area contributed by atoms with Crippen LogP contribution in [0.15, 0.2) is 42.3 Å². The van der Waals surface area contributed by atoms with Crippen LogP contribution in [0.4, 0.5) is 5.69 Å². The molecule has 6 heteroatoms. The maximum atomic E-state index is 12.7. The van der Waals surface area contributed by atoms with Gasteiger partial charge in [0.15, 0.2) is 0 Å². The summed E-state index contributed by atoms with van der Waals surface area (Å²) in [5.74, 6) is 0.299. The van der Waals surface area contributed by atoms with Crippen LogP contribution >= 0.6 is 11.3 Å². The Hall–Kier alpha value is -2.47. The number of hydrogen-bond donors (Lipinski definition) is 1. The molecule has 136 valence electrons. The normalized spacial score (nSPS) is 16.5. The summed E-state index contributed by atoms with van der Waals surface area (Å²) in [7, 11) is 0. The van der Waals surface area contributed by atoms with Crippen LogP contribution in [0.1, 0.15) is 22.7 Å². The van der Waals surface area contributed by atoms with E-state index in [0.29, 0.717) is 11.6 Å². The average Bonchev–Trinajstić information content (AvgIpc) is 3.26. The van der Waals surface area contributed by atoms with Crippen molar-refractivity contribution in [1.82, 2.24) is 9.88 Å². The first-order valence-electron chi connectivity index (χ1n) is 8.75. The fraction of sp³-hybridized carbons (Fsp3) is 0.350. The molecule has 0 spiro atoms.